The zero-order valence-electron chi connectivity index (χ0n) is 12.1. The highest BCUT2D eigenvalue weighted by Crippen LogP contribution is 2.37. The van der Waals surface area contributed by atoms with Gasteiger partial charge in [-0.3, -0.25) is 4.90 Å². The van der Waals surface area contributed by atoms with E-state index in [1.165, 1.54) is 24.8 Å². The van der Waals surface area contributed by atoms with Crippen molar-refractivity contribution in [1.82, 2.24) is 4.90 Å². The maximum Gasteiger partial charge on any atom is 0.0678 e. The second kappa shape index (κ2) is 5.64. The van der Waals surface area contributed by atoms with Gasteiger partial charge in [-0.2, -0.15) is 0 Å². The Morgan fingerprint density at radius 3 is 2.37 bits per heavy atom. The summed E-state index contributed by atoms with van der Waals surface area (Å²) in [6.45, 7) is 6.62. The van der Waals surface area contributed by atoms with Crippen molar-refractivity contribution in [3.8, 4) is 0 Å². The predicted octanol–water partition coefficient (Wildman–Crippen LogP) is 3.43. The van der Waals surface area contributed by atoms with E-state index in [0.717, 1.165) is 25.0 Å². The summed E-state index contributed by atoms with van der Waals surface area (Å²) in [5, 5.41) is 0. The zero-order chi connectivity index (χ0) is 13.2. The SMILES string of the molecule is C[C@@H]1CN([C@@H]2CC[C@H](c3ccccc3)C2)C[C@H](C)O1. The van der Waals surface area contributed by atoms with E-state index in [1.54, 1.807) is 0 Å². The van der Waals surface area contributed by atoms with Gasteiger partial charge in [-0.1, -0.05) is 30.3 Å². The molecule has 2 nitrogen and oxygen atoms in total. The fourth-order valence-electron chi connectivity index (χ4n) is 3.83. The first-order valence-corrected chi connectivity index (χ1v) is 7.67. The standard InChI is InChI=1S/C17H25NO/c1-13-11-18(12-14(2)19-13)17-9-8-16(10-17)15-6-4-3-5-7-15/h3-7,13-14,16-17H,8-12H2,1-2H3/t13-,14+,16-,17+/m0/s1. The molecule has 1 saturated heterocycles. The van der Waals surface area contributed by atoms with Crippen LogP contribution >= 0.6 is 0 Å². The Kier molecular flexibility index (Phi) is 3.90. The van der Waals surface area contributed by atoms with Gasteiger partial charge < -0.3 is 4.74 Å². The predicted molar refractivity (Wildman–Crippen MR) is 78.4 cm³/mol. The van der Waals surface area contributed by atoms with E-state index in [9.17, 15) is 0 Å². The number of benzene rings is 1. The van der Waals surface area contributed by atoms with Gasteiger partial charge in [0.1, 0.15) is 0 Å². The van der Waals surface area contributed by atoms with Gasteiger partial charge in [-0.15, -0.1) is 0 Å². The minimum Gasteiger partial charge on any atom is -0.373 e. The van der Waals surface area contributed by atoms with Crippen molar-refractivity contribution < 1.29 is 4.74 Å². The van der Waals surface area contributed by atoms with Crippen LogP contribution in [0, 0.1) is 0 Å². The van der Waals surface area contributed by atoms with E-state index in [2.05, 4.69) is 49.1 Å². The van der Waals surface area contributed by atoms with Crippen LogP contribution in [0.2, 0.25) is 0 Å². The maximum absolute atomic E-state index is 5.85. The molecule has 0 amide bonds. The van der Waals surface area contributed by atoms with Gasteiger partial charge in [0.05, 0.1) is 12.2 Å². The van der Waals surface area contributed by atoms with E-state index in [-0.39, 0.29) is 0 Å². The lowest BCUT2D eigenvalue weighted by Crippen LogP contribution is -2.49. The molecule has 1 heterocycles. The van der Waals surface area contributed by atoms with E-state index in [0.29, 0.717) is 12.2 Å². The van der Waals surface area contributed by atoms with Crippen molar-refractivity contribution in [3.05, 3.63) is 35.9 Å². The van der Waals surface area contributed by atoms with Crippen LogP contribution in [0.25, 0.3) is 0 Å². The molecule has 0 bridgehead atoms. The summed E-state index contributed by atoms with van der Waals surface area (Å²) in [6.07, 6.45) is 4.79. The number of hydrogen-bond donors (Lipinski definition) is 0. The summed E-state index contributed by atoms with van der Waals surface area (Å²) >= 11 is 0. The summed E-state index contributed by atoms with van der Waals surface area (Å²) in [7, 11) is 0. The van der Waals surface area contributed by atoms with Crippen molar-refractivity contribution in [2.24, 2.45) is 0 Å². The van der Waals surface area contributed by atoms with Crippen LogP contribution in [0.15, 0.2) is 30.3 Å². The largest absolute Gasteiger partial charge is 0.373 e. The van der Waals surface area contributed by atoms with Gasteiger partial charge in [0.25, 0.3) is 0 Å². The fraction of sp³-hybridized carbons (Fsp3) is 0.647. The molecule has 3 rings (SSSR count). The monoisotopic (exact) mass is 259 g/mol. The molecule has 1 aliphatic carbocycles. The highest BCUT2D eigenvalue weighted by molar-refractivity contribution is 5.21. The molecule has 0 N–H and O–H groups in total. The molecule has 0 radical (unpaired) electrons. The first-order valence-electron chi connectivity index (χ1n) is 7.67. The second-order valence-electron chi connectivity index (χ2n) is 6.29. The van der Waals surface area contributed by atoms with Crippen molar-refractivity contribution in [3.63, 3.8) is 0 Å². The molecule has 1 saturated carbocycles. The van der Waals surface area contributed by atoms with E-state index in [1.807, 2.05) is 0 Å². The van der Waals surface area contributed by atoms with E-state index < -0.39 is 0 Å². The van der Waals surface area contributed by atoms with Gasteiger partial charge in [0.15, 0.2) is 0 Å². The quantitative estimate of drug-likeness (QED) is 0.807. The highest BCUT2D eigenvalue weighted by atomic mass is 16.5. The summed E-state index contributed by atoms with van der Waals surface area (Å²) in [4.78, 5) is 2.67. The Hall–Kier alpha value is -0.860. The van der Waals surface area contributed by atoms with Crippen LogP contribution < -0.4 is 0 Å². The summed E-state index contributed by atoms with van der Waals surface area (Å²) in [5.74, 6) is 0.764. The Morgan fingerprint density at radius 2 is 1.68 bits per heavy atom. The lowest BCUT2D eigenvalue weighted by atomic mass is 9.97. The average molecular weight is 259 g/mol. The first kappa shape index (κ1) is 13.1. The van der Waals surface area contributed by atoms with Gasteiger partial charge in [0.2, 0.25) is 0 Å². The number of nitrogens with zero attached hydrogens (tertiary/aromatic N) is 1. The molecule has 2 fully saturated rings. The topological polar surface area (TPSA) is 12.5 Å². The van der Waals surface area contributed by atoms with E-state index in [4.69, 9.17) is 4.74 Å². The molecule has 4 atom stereocenters. The van der Waals surface area contributed by atoms with Gasteiger partial charge in [0, 0.05) is 19.1 Å². The molecule has 2 heteroatoms. The summed E-state index contributed by atoms with van der Waals surface area (Å²) in [6, 6.07) is 11.8. The number of morpholine rings is 1. The molecule has 1 aromatic rings. The third kappa shape index (κ3) is 3.01. The van der Waals surface area contributed by atoms with Gasteiger partial charge in [-0.25, -0.2) is 0 Å². The molecule has 0 spiro atoms. The van der Waals surface area contributed by atoms with Crippen LogP contribution in [0.3, 0.4) is 0 Å². The number of ether oxygens (including phenoxy) is 1. The third-order valence-electron chi connectivity index (χ3n) is 4.64. The first-order chi connectivity index (χ1) is 9.22. The maximum atomic E-state index is 5.85. The van der Waals surface area contributed by atoms with Crippen LogP contribution in [0.5, 0.6) is 0 Å². The van der Waals surface area contributed by atoms with Gasteiger partial charge in [-0.05, 0) is 44.6 Å². The van der Waals surface area contributed by atoms with E-state index >= 15 is 0 Å². The Balaban J connectivity index is 1.62. The fourth-order valence-corrected chi connectivity index (χ4v) is 3.83. The lowest BCUT2D eigenvalue weighted by Gasteiger charge is -2.39. The smallest absolute Gasteiger partial charge is 0.0678 e. The molecular formula is C17H25NO. The average Bonchev–Trinajstić information content (AvgIpc) is 2.88. The molecule has 1 aliphatic heterocycles. The molecule has 1 aromatic carbocycles. The highest BCUT2D eigenvalue weighted by Gasteiger charge is 2.33. The molecule has 2 aliphatic rings. The van der Waals surface area contributed by atoms with Crippen molar-refractivity contribution in [1.29, 1.82) is 0 Å². The molecule has 104 valence electrons. The van der Waals surface area contributed by atoms with Crippen molar-refractivity contribution in [2.75, 3.05) is 13.1 Å². The van der Waals surface area contributed by atoms with Crippen LogP contribution in [0.1, 0.15) is 44.6 Å². The number of hydrogen-bond acceptors (Lipinski definition) is 2. The Labute approximate surface area is 116 Å². The normalized spacial score (nSPS) is 36.5. The number of rotatable bonds is 2. The Morgan fingerprint density at radius 1 is 1.00 bits per heavy atom. The molecule has 0 aromatic heterocycles. The summed E-state index contributed by atoms with van der Waals surface area (Å²) < 4.78 is 5.85. The van der Waals surface area contributed by atoms with Crippen LogP contribution in [-0.4, -0.2) is 36.2 Å². The molecular weight excluding hydrogens is 234 g/mol. The summed E-state index contributed by atoms with van der Waals surface area (Å²) in [5.41, 5.74) is 1.53. The van der Waals surface area contributed by atoms with Crippen molar-refractivity contribution in [2.45, 2.75) is 57.3 Å². The third-order valence-corrected chi connectivity index (χ3v) is 4.64. The minimum atomic E-state index is 0.388. The van der Waals surface area contributed by atoms with Crippen LogP contribution in [0.4, 0.5) is 0 Å². The van der Waals surface area contributed by atoms with Gasteiger partial charge >= 0.3 is 0 Å². The Bertz CT molecular complexity index is 395. The minimum absolute atomic E-state index is 0.388. The second-order valence-corrected chi connectivity index (χ2v) is 6.29. The van der Waals surface area contributed by atoms with Crippen LogP contribution in [-0.2, 0) is 4.74 Å². The molecule has 0 unspecified atom stereocenters. The van der Waals surface area contributed by atoms with Crippen molar-refractivity contribution >= 4 is 0 Å². The molecule has 19 heavy (non-hydrogen) atoms. The lowest BCUT2D eigenvalue weighted by molar-refractivity contribution is -0.0796. The zero-order valence-corrected chi connectivity index (χ0v) is 12.1.